The predicted octanol–water partition coefficient (Wildman–Crippen LogP) is 1.93. The normalized spacial score (nSPS) is 10.3. The molecule has 0 radical (unpaired) electrons. The molecule has 0 aliphatic rings. The highest BCUT2D eigenvalue weighted by atomic mass is 32.2. The summed E-state index contributed by atoms with van der Waals surface area (Å²) in [5, 5.41) is 16.5. The summed E-state index contributed by atoms with van der Waals surface area (Å²) in [5.41, 5.74) is 0.534. The molecule has 0 atom stereocenters. The van der Waals surface area contributed by atoms with Crippen molar-refractivity contribution in [1.82, 2.24) is 10.2 Å². The lowest BCUT2D eigenvalue weighted by atomic mass is 10.2. The van der Waals surface area contributed by atoms with Crippen molar-refractivity contribution in [1.29, 1.82) is 0 Å². The van der Waals surface area contributed by atoms with Crippen LogP contribution in [-0.2, 0) is 4.79 Å². The van der Waals surface area contributed by atoms with E-state index in [9.17, 15) is 4.79 Å². The molecule has 0 aliphatic heterocycles. The van der Waals surface area contributed by atoms with Crippen LogP contribution in [0.4, 0.5) is 0 Å². The number of carbonyl (C=O) groups is 1. The van der Waals surface area contributed by atoms with Crippen molar-refractivity contribution < 1.29 is 23.8 Å². The molecule has 2 rings (SSSR count). The van der Waals surface area contributed by atoms with E-state index in [-0.39, 0.29) is 16.9 Å². The summed E-state index contributed by atoms with van der Waals surface area (Å²) in [5.74, 6) is 0.174. The molecule has 0 bridgehead atoms. The van der Waals surface area contributed by atoms with E-state index in [2.05, 4.69) is 10.2 Å². The molecule has 0 spiro atoms. The fourth-order valence-electron chi connectivity index (χ4n) is 1.55. The first-order valence-corrected chi connectivity index (χ1v) is 6.53. The van der Waals surface area contributed by atoms with Crippen LogP contribution in [0.3, 0.4) is 0 Å². The largest absolute Gasteiger partial charge is 0.496 e. The van der Waals surface area contributed by atoms with E-state index in [0.29, 0.717) is 17.1 Å². The lowest BCUT2D eigenvalue weighted by molar-refractivity contribution is -0.133. The summed E-state index contributed by atoms with van der Waals surface area (Å²) in [6, 6.07) is 5.26. The minimum Gasteiger partial charge on any atom is -0.496 e. The van der Waals surface area contributed by atoms with E-state index in [0.717, 1.165) is 11.8 Å². The second-order valence-corrected chi connectivity index (χ2v) is 4.52. The number of benzene rings is 1. The fraction of sp³-hybridized carbons (Fsp3) is 0.250. The van der Waals surface area contributed by atoms with Gasteiger partial charge in [0.25, 0.3) is 11.1 Å². The number of methoxy groups -OCH3 is 2. The van der Waals surface area contributed by atoms with Crippen LogP contribution in [0, 0.1) is 0 Å². The van der Waals surface area contributed by atoms with Crippen molar-refractivity contribution in [3.05, 3.63) is 18.2 Å². The van der Waals surface area contributed by atoms with Gasteiger partial charge in [-0.15, -0.1) is 10.2 Å². The van der Waals surface area contributed by atoms with Gasteiger partial charge < -0.3 is 19.0 Å². The zero-order valence-corrected chi connectivity index (χ0v) is 11.6. The van der Waals surface area contributed by atoms with Crippen molar-refractivity contribution in [2.24, 2.45) is 0 Å². The molecule has 0 amide bonds. The van der Waals surface area contributed by atoms with Gasteiger partial charge in [0.2, 0.25) is 0 Å². The number of nitrogens with zero attached hydrogens (tertiary/aromatic N) is 2. The molecule has 7 nitrogen and oxygen atoms in total. The third-order valence-corrected chi connectivity index (χ3v) is 3.17. The Morgan fingerprint density at radius 1 is 1.30 bits per heavy atom. The van der Waals surface area contributed by atoms with Crippen LogP contribution in [0.15, 0.2) is 27.8 Å². The van der Waals surface area contributed by atoms with E-state index in [1.165, 1.54) is 14.2 Å². The number of carboxylic acid groups (broad SMARTS) is 1. The third-order valence-electron chi connectivity index (χ3n) is 2.37. The van der Waals surface area contributed by atoms with Crippen molar-refractivity contribution in [2.75, 3.05) is 20.0 Å². The number of hydrogen-bond acceptors (Lipinski definition) is 7. The van der Waals surface area contributed by atoms with Gasteiger partial charge in [0, 0.05) is 0 Å². The fourth-order valence-corrected chi connectivity index (χ4v) is 2.04. The Labute approximate surface area is 118 Å². The van der Waals surface area contributed by atoms with Crippen molar-refractivity contribution in [3.63, 3.8) is 0 Å². The van der Waals surface area contributed by atoms with Gasteiger partial charge in [-0.05, 0) is 12.1 Å². The summed E-state index contributed by atoms with van der Waals surface area (Å²) < 4.78 is 15.9. The van der Waals surface area contributed by atoms with Gasteiger partial charge in [0.15, 0.2) is 0 Å². The maximum atomic E-state index is 10.5. The summed E-state index contributed by atoms with van der Waals surface area (Å²) in [7, 11) is 3.05. The number of aliphatic carboxylic acids is 1. The molecule has 2 aromatic rings. The number of ether oxygens (including phenoxy) is 2. The molecule has 0 fully saturated rings. The molecule has 1 N–H and O–H groups in total. The Hall–Kier alpha value is -2.22. The second-order valence-electron chi connectivity index (χ2n) is 3.59. The summed E-state index contributed by atoms with van der Waals surface area (Å²) in [6.45, 7) is 0. The molecular formula is C12H12N2O5S. The highest BCUT2D eigenvalue weighted by Gasteiger charge is 2.19. The van der Waals surface area contributed by atoms with Crippen LogP contribution in [0.1, 0.15) is 0 Å². The molecule has 8 heteroatoms. The summed E-state index contributed by atoms with van der Waals surface area (Å²) in [4.78, 5) is 10.5. The topological polar surface area (TPSA) is 94.7 Å². The van der Waals surface area contributed by atoms with Gasteiger partial charge in [-0.25, -0.2) is 0 Å². The average Bonchev–Trinajstić information content (AvgIpc) is 2.92. The Balaban J connectivity index is 2.34. The second kappa shape index (κ2) is 6.29. The standard InChI is InChI=1S/C12H12N2O5S/c1-17-7-4-3-5-8(18-2)10(7)11-13-14-12(19-11)20-6-9(15)16/h3-5H,6H2,1-2H3,(H,15,16). The Morgan fingerprint density at radius 2 is 1.95 bits per heavy atom. The van der Waals surface area contributed by atoms with Crippen LogP contribution in [0.2, 0.25) is 0 Å². The van der Waals surface area contributed by atoms with Crippen molar-refractivity contribution in [3.8, 4) is 23.0 Å². The number of hydrogen-bond donors (Lipinski definition) is 1. The van der Waals surface area contributed by atoms with E-state index in [4.69, 9.17) is 19.0 Å². The molecule has 1 aromatic heterocycles. The summed E-state index contributed by atoms with van der Waals surface area (Å²) >= 11 is 0.949. The maximum absolute atomic E-state index is 10.5. The molecule has 0 unspecified atom stereocenters. The van der Waals surface area contributed by atoms with Crippen molar-refractivity contribution >= 4 is 17.7 Å². The minimum atomic E-state index is -0.954. The molecule has 20 heavy (non-hydrogen) atoms. The van der Waals surface area contributed by atoms with Crippen LogP contribution in [0.5, 0.6) is 11.5 Å². The van der Waals surface area contributed by atoms with Gasteiger partial charge in [-0.2, -0.15) is 0 Å². The minimum absolute atomic E-state index is 0.148. The first-order valence-electron chi connectivity index (χ1n) is 5.55. The highest BCUT2D eigenvalue weighted by Crippen LogP contribution is 2.38. The van der Waals surface area contributed by atoms with E-state index >= 15 is 0 Å². The SMILES string of the molecule is COc1cccc(OC)c1-c1nnc(SCC(=O)O)o1. The Morgan fingerprint density at radius 3 is 2.50 bits per heavy atom. The lowest BCUT2D eigenvalue weighted by Gasteiger charge is -2.09. The molecule has 0 saturated carbocycles. The smallest absolute Gasteiger partial charge is 0.314 e. The van der Waals surface area contributed by atoms with Crippen molar-refractivity contribution in [2.45, 2.75) is 5.22 Å². The zero-order chi connectivity index (χ0) is 14.5. The van der Waals surface area contributed by atoms with Crippen LogP contribution >= 0.6 is 11.8 Å². The predicted molar refractivity (Wildman–Crippen MR) is 71.2 cm³/mol. The zero-order valence-electron chi connectivity index (χ0n) is 10.8. The quantitative estimate of drug-likeness (QED) is 0.808. The van der Waals surface area contributed by atoms with Gasteiger partial charge in [-0.3, -0.25) is 4.79 Å². The van der Waals surface area contributed by atoms with E-state index in [1.54, 1.807) is 18.2 Å². The number of carboxylic acids is 1. The van der Waals surface area contributed by atoms with Gasteiger partial charge >= 0.3 is 5.97 Å². The molecule has 0 aliphatic carbocycles. The molecular weight excluding hydrogens is 284 g/mol. The third kappa shape index (κ3) is 3.02. The van der Waals surface area contributed by atoms with Crippen LogP contribution in [-0.4, -0.2) is 41.2 Å². The molecule has 106 valence electrons. The monoisotopic (exact) mass is 296 g/mol. The van der Waals surface area contributed by atoms with Gasteiger partial charge in [0.05, 0.1) is 14.2 Å². The Kier molecular flexibility index (Phi) is 4.46. The lowest BCUT2D eigenvalue weighted by Crippen LogP contribution is -1.97. The van der Waals surface area contributed by atoms with Gasteiger partial charge in [0.1, 0.15) is 22.8 Å². The molecule has 1 aromatic carbocycles. The molecule has 0 saturated heterocycles. The number of thioether (sulfide) groups is 1. The first kappa shape index (κ1) is 14.2. The average molecular weight is 296 g/mol. The number of rotatable bonds is 6. The van der Waals surface area contributed by atoms with E-state index < -0.39 is 5.97 Å². The van der Waals surface area contributed by atoms with E-state index in [1.807, 2.05) is 0 Å². The van der Waals surface area contributed by atoms with Crippen LogP contribution < -0.4 is 9.47 Å². The summed E-state index contributed by atoms with van der Waals surface area (Å²) in [6.07, 6.45) is 0. The Bertz CT molecular complexity index is 591. The first-order chi connectivity index (χ1) is 9.65. The van der Waals surface area contributed by atoms with Crippen LogP contribution in [0.25, 0.3) is 11.5 Å². The van der Waals surface area contributed by atoms with Gasteiger partial charge in [-0.1, -0.05) is 17.8 Å². The maximum Gasteiger partial charge on any atom is 0.314 e. The number of aromatic nitrogens is 2. The molecule has 1 heterocycles. The highest BCUT2D eigenvalue weighted by molar-refractivity contribution is 7.99.